The molecule has 0 aromatic heterocycles. The Labute approximate surface area is 85.2 Å². The third-order valence-corrected chi connectivity index (χ3v) is 2.02. The van der Waals surface area contributed by atoms with Gasteiger partial charge in [-0.15, -0.1) is 0 Å². The lowest BCUT2D eigenvalue weighted by Crippen LogP contribution is -2.25. The van der Waals surface area contributed by atoms with Gasteiger partial charge in [0.1, 0.15) is 0 Å². The molecule has 0 spiro atoms. The molecule has 0 rings (SSSR count). The summed E-state index contributed by atoms with van der Waals surface area (Å²) in [5.74, 6) is -1.16. The number of carboxylic acid groups (broad SMARTS) is 1. The van der Waals surface area contributed by atoms with Gasteiger partial charge in [-0.2, -0.15) is 0 Å². The van der Waals surface area contributed by atoms with E-state index in [2.05, 4.69) is 0 Å². The molecule has 0 heterocycles. The average Bonchev–Trinajstić information content (AvgIpc) is 2.14. The predicted molar refractivity (Wildman–Crippen MR) is 53.1 cm³/mol. The van der Waals surface area contributed by atoms with Crippen LogP contribution in [0, 0.1) is 5.92 Å². The summed E-state index contributed by atoms with van der Waals surface area (Å²) in [4.78, 5) is 10.8. The van der Waals surface area contributed by atoms with Gasteiger partial charge in [0, 0.05) is 19.6 Å². The first kappa shape index (κ1) is 13.4. The minimum atomic E-state index is -0.781. The van der Waals surface area contributed by atoms with Crippen molar-refractivity contribution in [1.29, 1.82) is 0 Å². The van der Waals surface area contributed by atoms with Gasteiger partial charge in [-0.05, 0) is 20.3 Å². The van der Waals surface area contributed by atoms with Crippen molar-refractivity contribution in [3.63, 3.8) is 0 Å². The number of rotatable bonds is 8. The van der Waals surface area contributed by atoms with Gasteiger partial charge in [0.15, 0.2) is 6.29 Å². The SMILES string of the molecule is CCOC(CC(CC)C(=O)O)OCC. The maximum absolute atomic E-state index is 10.8. The van der Waals surface area contributed by atoms with Gasteiger partial charge in [0.2, 0.25) is 0 Å². The van der Waals surface area contributed by atoms with Gasteiger partial charge in [0.25, 0.3) is 0 Å². The highest BCUT2D eigenvalue weighted by Crippen LogP contribution is 2.14. The molecular formula is C10H20O4. The van der Waals surface area contributed by atoms with Gasteiger partial charge in [-0.1, -0.05) is 6.92 Å². The Hall–Kier alpha value is -0.610. The first-order valence-corrected chi connectivity index (χ1v) is 5.11. The normalized spacial score (nSPS) is 13.1. The van der Waals surface area contributed by atoms with Crippen LogP contribution in [0.5, 0.6) is 0 Å². The smallest absolute Gasteiger partial charge is 0.306 e. The maximum atomic E-state index is 10.8. The lowest BCUT2D eigenvalue weighted by Gasteiger charge is -2.19. The molecule has 1 N–H and O–H groups in total. The lowest BCUT2D eigenvalue weighted by molar-refractivity contribution is -0.161. The Morgan fingerprint density at radius 2 is 1.71 bits per heavy atom. The molecular weight excluding hydrogens is 184 g/mol. The van der Waals surface area contributed by atoms with Crippen molar-refractivity contribution in [2.75, 3.05) is 13.2 Å². The Balaban J connectivity index is 4.03. The molecule has 0 saturated carbocycles. The van der Waals surface area contributed by atoms with Gasteiger partial charge in [0.05, 0.1) is 5.92 Å². The molecule has 1 atom stereocenters. The molecule has 84 valence electrons. The molecule has 4 heteroatoms. The van der Waals surface area contributed by atoms with Crippen LogP contribution in [0.1, 0.15) is 33.6 Å². The van der Waals surface area contributed by atoms with Crippen molar-refractivity contribution >= 4 is 5.97 Å². The van der Waals surface area contributed by atoms with Crippen LogP contribution < -0.4 is 0 Å². The van der Waals surface area contributed by atoms with Crippen molar-refractivity contribution < 1.29 is 19.4 Å². The van der Waals surface area contributed by atoms with Crippen LogP contribution in [0.4, 0.5) is 0 Å². The molecule has 0 aliphatic carbocycles. The Kier molecular flexibility index (Phi) is 7.42. The molecule has 0 bridgehead atoms. The third-order valence-electron chi connectivity index (χ3n) is 2.02. The molecule has 0 saturated heterocycles. The second kappa shape index (κ2) is 7.76. The number of aliphatic carboxylic acids is 1. The second-order valence-electron chi connectivity index (χ2n) is 3.02. The fourth-order valence-electron chi connectivity index (χ4n) is 1.23. The number of ether oxygens (including phenoxy) is 2. The minimum Gasteiger partial charge on any atom is -0.481 e. The van der Waals surface area contributed by atoms with Crippen molar-refractivity contribution in [2.45, 2.75) is 39.9 Å². The van der Waals surface area contributed by atoms with E-state index in [-0.39, 0.29) is 12.2 Å². The number of hydrogen-bond acceptors (Lipinski definition) is 3. The quantitative estimate of drug-likeness (QED) is 0.613. The van der Waals surface area contributed by atoms with E-state index >= 15 is 0 Å². The van der Waals surface area contributed by atoms with E-state index in [1.165, 1.54) is 0 Å². The monoisotopic (exact) mass is 204 g/mol. The summed E-state index contributed by atoms with van der Waals surface area (Å²) in [5.41, 5.74) is 0. The molecule has 0 radical (unpaired) electrons. The summed E-state index contributed by atoms with van der Waals surface area (Å²) >= 11 is 0. The van der Waals surface area contributed by atoms with E-state index in [1.54, 1.807) is 0 Å². The van der Waals surface area contributed by atoms with E-state index in [0.29, 0.717) is 26.1 Å². The number of hydrogen-bond donors (Lipinski definition) is 1. The fraction of sp³-hybridized carbons (Fsp3) is 0.900. The fourth-order valence-corrected chi connectivity index (χ4v) is 1.23. The highest BCUT2D eigenvalue weighted by Gasteiger charge is 2.21. The van der Waals surface area contributed by atoms with E-state index in [1.807, 2.05) is 20.8 Å². The topological polar surface area (TPSA) is 55.8 Å². The number of carboxylic acids is 1. The zero-order valence-electron chi connectivity index (χ0n) is 9.16. The van der Waals surface area contributed by atoms with E-state index in [9.17, 15) is 4.79 Å². The Morgan fingerprint density at radius 3 is 2.00 bits per heavy atom. The van der Waals surface area contributed by atoms with Crippen LogP contribution >= 0.6 is 0 Å². The van der Waals surface area contributed by atoms with Crippen LogP contribution in [-0.2, 0) is 14.3 Å². The third kappa shape index (κ3) is 5.19. The molecule has 0 aliphatic rings. The first-order chi connectivity index (χ1) is 6.65. The molecule has 0 fully saturated rings. The van der Waals surface area contributed by atoms with E-state index in [4.69, 9.17) is 14.6 Å². The van der Waals surface area contributed by atoms with E-state index < -0.39 is 5.97 Å². The van der Waals surface area contributed by atoms with Crippen LogP contribution in [0.25, 0.3) is 0 Å². The van der Waals surface area contributed by atoms with Crippen molar-refractivity contribution in [2.24, 2.45) is 5.92 Å². The molecule has 0 aliphatic heterocycles. The summed E-state index contributed by atoms with van der Waals surface area (Å²) in [6, 6.07) is 0. The Morgan fingerprint density at radius 1 is 1.21 bits per heavy atom. The van der Waals surface area contributed by atoms with Gasteiger partial charge in [-0.25, -0.2) is 0 Å². The maximum Gasteiger partial charge on any atom is 0.306 e. The largest absolute Gasteiger partial charge is 0.481 e. The van der Waals surface area contributed by atoms with Crippen LogP contribution in [0.2, 0.25) is 0 Å². The highest BCUT2D eigenvalue weighted by atomic mass is 16.7. The number of carbonyl (C=O) groups is 1. The van der Waals surface area contributed by atoms with Gasteiger partial charge in [-0.3, -0.25) is 4.79 Å². The molecule has 14 heavy (non-hydrogen) atoms. The standard InChI is InChI=1S/C10H20O4/c1-4-8(10(11)12)7-9(13-5-2)14-6-3/h8-9H,4-7H2,1-3H3,(H,11,12). The minimum absolute atomic E-state index is 0.377. The van der Waals surface area contributed by atoms with Crippen LogP contribution in [0.15, 0.2) is 0 Å². The average molecular weight is 204 g/mol. The van der Waals surface area contributed by atoms with Crippen molar-refractivity contribution in [1.82, 2.24) is 0 Å². The first-order valence-electron chi connectivity index (χ1n) is 5.11. The summed E-state index contributed by atoms with van der Waals surface area (Å²) in [6.07, 6.45) is 0.644. The molecule has 0 aromatic rings. The van der Waals surface area contributed by atoms with Crippen molar-refractivity contribution in [3.05, 3.63) is 0 Å². The van der Waals surface area contributed by atoms with Crippen LogP contribution in [0.3, 0.4) is 0 Å². The highest BCUT2D eigenvalue weighted by molar-refractivity contribution is 5.69. The van der Waals surface area contributed by atoms with Crippen molar-refractivity contribution in [3.8, 4) is 0 Å². The molecule has 0 amide bonds. The molecule has 0 aromatic carbocycles. The zero-order chi connectivity index (χ0) is 11.0. The summed E-state index contributed by atoms with van der Waals surface area (Å²) < 4.78 is 10.6. The summed E-state index contributed by atoms with van der Waals surface area (Å²) in [5, 5.41) is 8.85. The van der Waals surface area contributed by atoms with Gasteiger partial charge < -0.3 is 14.6 Å². The van der Waals surface area contributed by atoms with E-state index in [0.717, 1.165) is 0 Å². The summed E-state index contributed by atoms with van der Waals surface area (Å²) in [7, 11) is 0. The Bertz CT molecular complexity index is 152. The predicted octanol–water partition coefficient (Wildman–Crippen LogP) is 1.89. The van der Waals surface area contributed by atoms with Gasteiger partial charge >= 0.3 is 5.97 Å². The second-order valence-corrected chi connectivity index (χ2v) is 3.02. The molecule has 1 unspecified atom stereocenters. The molecule has 4 nitrogen and oxygen atoms in total. The summed E-state index contributed by atoms with van der Waals surface area (Å²) in [6.45, 7) is 6.68. The van der Waals surface area contributed by atoms with Crippen LogP contribution in [-0.4, -0.2) is 30.6 Å². The zero-order valence-corrected chi connectivity index (χ0v) is 9.16. The lowest BCUT2D eigenvalue weighted by atomic mass is 10.0.